The number of nitrogens with one attached hydrogen (secondary N) is 2. The number of aromatic nitrogens is 3. The van der Waals surface area contributed by atoms with Crippen LogP contribution < -0.4 is 20.5 Å². The topological polar surface area (TPSA) is 81.6 Å². The van der Waals surface area contributed by atoms with E-state index >= 15 is 0 Å². The van der Waals surface area contributed by atoms with E-state index < -0.39 is 0 Å². The van der Waals surface area contributed by atoms with Crippen LogP contribution in [0.1, 0.15) is 18.4 Å². The van der Waals surface area contributed by atoms with Crippen LogP contribution >= 0.6 is 15.9 Å². The third-order valence-electron chi connectivity index (χ3n) is 4.87. The van der Waals surface area contributed by atoms with Crippen LogP contribution in [0.4, 0.5) is 29.2 Å². The molecule has 0 bridgehead atoms. The number of hydrogen-bond donors (Lipinski definition) is 2. The summed E-state index contributed by atoms with van der Waals surface area (Å²) in [5.74, 6) is 1.54. The Morgan fingerprint density at radius 2 is 1.74 bits per heavy atom. The second-order valence-electron chi connectivity index (χ2n) is 7.44. The number of anilines is 5. The van der Waals surface area contributed by atoms with Gasteiger partial charge >= 0.3 is 0 Å². The Morgan fingerprint density at radius 3 is 2.45 bits per heavy atom. The van der Waals surface area contributed by atoms with Crippen LogP contribution in [0.5, 0.6) is 0 Å². The highest BCUT2D eigenvalue weighted by molar-refractivity contribution is 9.10. The number of rotatable bonds is 7. The number of para-hydroxylation sites is 1. The van der Waals surface area contributed by atoms with Crippen LogP contribution in [0.3, 0.4) is 0 Å². The number of halogens is 1. The molecule has 1 aliphatic rings. The minimum absolute atomic E-state index is 0.399. The molecule has 1 fully saturated rings. The zero-order chi connectivity index (χ0) is 21.6. The second kappa shape index (κ2) is 9.74. The molecule has 31 heavy (non-hydrogen) atoms. The van der Waals surface area contributed by atoms with Gasteiger partial charge in [0.2, 0.25) is 17.8 Å². The fraction of sp³-hybridized carbons (Fsp3) is 0.273. The molecule has 160 valence electrons. The molecule has 0 saturated carbocycles. The highest BCUT2D eigenvalue weighted by Gasteiger charge is 2.17. The molecule has 3 aromatic rings. The molecule has 0 aliphatic carbocycles. The second-order valence-corrected chi connectivity index (χ2v) is 8.30. The van der Waals surface area contributed by atoms with E-state index in [9.17, 15) is 0 Å². The zero-order valence-electron chi connectivity index (χ0n) is 17.6. The summed E-state index contributed by atoms with van der Waals surface area (Å²) in [5, 5.41) is 7.58. The van der Waals surface area contributed by atoms with Gasteiger partial charge in [0.05, 0.1) is 11.9 Å². The quantitative estimate of drug-likeness (QED) is 0.380. The normalized spacial score (nSPS) is 13.6. The molecular weight excluding hydrogens is 456 g/mol. The molecule has 8 nitrogen and oxygen atoms in total. The molecule has 9 heteroatoms. The van der Waals surface area contributed by atoms with Crippen LogP contribution in [-0.2, 0) is 0 Å². The third-order valence-corrected chi connectivity index (χ3v) is 5.51. The Balaban J connectivity index is 1.53. The van der Waals surface area contributed by atoms with E-state index in [1.165, 1.54) is 0 Å². The summed E-state index contributed by atoms with van der Waals surface area (Å²) in [4.78, 5) is 17.9. The molecule has 1 saturated heterocycles. The largest absolute Gasteiger partial charge is 0.377 e. The molecule has 4 rings (SSSR count). The van der Waals surface area contributed by atoms with Crippen molar-refractivity contribution in [3.63, 3.8) is 0 Å². The van der Waals surface area contributed by atoms with Crippen molar-refractivity contribution in [2.75, 3.05) is 47.7 Å². The first-order valence-corrected chi connectivity index (χ1v) is 11.0. The van der Waals surface area contributed by atoms with Crippen molar-refractivity contribution in [1.29, 1.82) is 0 Å². The molecule has 0 spiro atoms. The monoisotopic (exact) mass is 480 g/mol. The minimum Gasteiger partial charge on any atom is -0.377 e. The van der Waals surface area contributed by atoms with Gasteiger partial charge in [-0.05, 0) is 58.6 Å². The maximum Gasteiger partial charge on any atom is 0.250 e. The molecule has 0 radical (unpaired) electrons. The smallest absolute Gasteiger partial charge is 0.250 e. The first-order valence-electron chi connectivity index (χ1n) is 10.2. The van der Waals surface area contributed by atoms with E-state index in [2.05, 4.69) is 56.5 Å². The predicted molar refractivity (Wildman–Crippen MR) is 131 cm³/mol. The lowest BCUT2D eigenvalue weighted by Gasteiger charge is -2.16. The predicted octanol–water partition coefficient (Wildman–Crippen LogP) is 4.49. The Kier molecular flexibility index (Phi) is 6.61. The number of benzene rings is 2. The third kappa shape index (κ3) is 5.49. The minimum atomic E-state index is 0.399. The number of nitrogens with zero attached hydrogens (tertiary/aromatic N) is 6. The van der Waals surface area contributed by atoms with Crippen LogP contribution in [-0.4, -0.2) is 48.4 Å². The van der Waals surface area contributed by atoms with E-state index in [1.54, 1.807) is 6.21 Å². The Bertz CT molecular complexity index is 1050. The van der Waals surface area contributed by atoms with Crippen molar-refractivity contribution in [3.8, 4) is 0 Å². The maximum absolute atomic E-state index is 4.60. The van der Waals surface area contributed by atoms with E-state index in [0.717, 1.165) is 47.3 Å². The van der Waals surface area contributed by atoms with Gasteiger partial charge in [-0.3, -0.25) is 0 Å². The van der Waals surface area contributed by atoms with Gasteiger partial charge in [0.25, 0.3) is 0 Å². The Morgan fingerprint density at radius 1 is 1.00 bits per heavy atom. The maximum atomic E-state index is 4.60. The van der Waals surface area contributed by atoms with E-state index in [1.807, 2.05) is 62.6 Å². The van der Waals surface area contributed by atoms with Crippen molar-refractivity contribution < 1.29 is 0 Å². The molecule has 1 aliphatic heterocycles. The molecule has 2 heterocycles. The standard InChI is InChI=1S/C22H25BrN8/c1-30(2)19-11-10-16(14-18(19)23)15-24-29-21-26-20(25-17-8-4-3-5-9-17)27-22(28-21)31-12-6-7-13-31/h3-5,8-11,14-15H,6-7,12-13H2,1-2H3,(H2,25,26,27,28,29)/b24-15-. The fourth-order valence-electron chi connectivity index (χ4n) is 3.31. The van der Waals surface area contributed by atoms with Crippen LogP contribution in [0, 0.1) is 0 Å². The lowest BCUT2D eigenvalue weighted by Crippen LogP contribution is -2.21. The molecule has 1 aromatic heterocycles. The van der Waals surface area contributed by atoms with Gasteiger partial charge in [0.15, 0.2) is 0 Å². The molecule has 0 atom stereocenters. The SMILES string of the molecule is CN(C)c1ccc(/C=N\Nc2nc(Nc3ccccc3)nc(N3CCCC3)n2)cc1Br. The summed E-state index contributed by atoms with van der Waals surface area (Å²) < 4.78 is 1.01. The van der Waals surface area contributed by atoms with E-state index in [-0.39, 0.29) is 0 Å². The lowest BCUT2D eigenvalue weighted by atomic mass is 10.2. The Labute approximate surface area is 190 Å². The van der Waals surface area contributed by atoms with Crippen LogP contribution in [0.2, 0.25) is 0 Å². The average Bonchev–Trinajstić information content (AvgIpc) is 3.29. The summed E-state index contributed by atoms with van der Waals surface area (Å²) in [6, 6.07) is 15.9. The molecular formula is C22H25BrN8. The number of hydrogen-bond acceptors (Lipinski definition) is 8. The Hall–Kier alpha value is -3.20. The van der Waals surface area contributed by atoms with Crippen molar-refractivity contribution in [3.05, 3.63) is 58.6 Å². The van der Waals surface area contributed by atoms with E-state index in [4.69, 9.17) is 0 Å². The van der Waals surface area contributed by atoms with Crippen LogP contribution in [0.15, 0.2) is 58.1 Å². The molecule has 0 unspecified atom stereocenters. The van der Waals surface area contributed by atoms with Crippen molar-refractivity contribution >= 4 is 51.4 Å². The van der Waals surface area contributed by atoms with Gasteiger partial charge in [-0.15, -0.1) is 0 Å². The van der Waals surface area contributed by atoms with Crippen molar-refractivity contribution in [2.24, 2.45) is 5.10 Å². The van der Waals surface area contributed by atoms with Gasteiger partial charge in [0.1, 0.15) is 0 Å². The highest BCUT2D eigenvalue weighted by Crippen LogP contribution is 2.25. The summed E-state index contributed by atoms with van der Waals surface area (Å²) in [6.07, 6.45) is 4.03. The highest BCUT2D eigenvalue weighted by atomic mass is 79.9. The molecule has 2 N–H and O–H groups in total. The van der Waals surface area contributed by atoms with Gasteiger partial charge in [-0.1, -0.05) is 24.3 Å². The summed E-state index contributed by atoms with van der Waals surface area (Å²) >= 11 is 3.60. The molecule has 0 amide bonds. The van der Waals surface area contributed by atoms with Crippen molar-refractivity contribution in [1.82, 2.24) is 15.0 Å². The lowest BCUT2D eigenvalue weighted by molar-refractivity contribution is 0.883. The van der Waals surface area contributed by atoms with Crippen molar-refractivity contribution in [2.45, 2.75) is 12.8 Å². The summed E-state index contributed by atoms with van der Waals surface area (Å²) in [6.45, 7) is 1.90. The molecule has 2 aromatic carbocycles. The van der Waals surface area contributed by atoms with Gasteiger partial charge in [-0.2, -0.15) is 20.1 Å². The van der Waals surface area contributed by atoms with E-state index in [0.29, 0.717) is 17.8 Å². The first-order chi connectivity index (χ1) is 15.1. The summed E-state index contributed by atoms with van der Waals surface area (Å²) in [7, 11) is 4.02. The average molecular weight is 481 g/mol. The zero-order valence-corrected chi connectivity index (χ0v) is 19.2. The van der Waals surface area contributed by atoms with Gasteiger partial charge < -0.3 is 15.1 Å². The van der Waals surface area contributed by atoms with Gasteiger partial charge in [0, 0.05) is 37.3 Å². The summed E-state index contributed by atoms with van der Waals surface area (Å²) in [5.41, 5.74) is 5.94. The first kappa shape index (κ1) is 21.0. The fourth-order valence-corrected chi connectivity index (χ4v) is 4.06. The number of hydrazone groups is 1. The van der Waals surface area contributed by atoms with Gasteiger partial charge in [-0.25, -0.2) is 5.43 Å². The van der Waals surface area contributed by atoms with Crippen LogP contribution in [0.25, 0.3) is 0 Å².